The highest BCUT2D eigenvalue weighted by atomic mass is 19.1. The average molecular weight is 301 g/mol. The monoisotopic (exact) mass is 301 g/mol. The molecule has 0 fully saturated rings. The van der Waals surface area contributed by atoms with E-state index in [4.69, 9.17) is 4.74 Å². The number of benzene rings is 2. The molecule has 0 aliphatic rings. The van der Waals surface area contributed by atoms with Crippen molar-refractivity contribution in [2.24, 2.45) is 0 Å². The van der Waals surface area contributed by atoms with Crippen molar-refractivity contribution in [1.29, 1.82) is 0 Å². The Kier molecular flexibility index (Phi) is 3.38. The van der Waals surface area contributed by atoms with E-state index in [0.717, 1.165) is 0 Å². The van der Waals surface area contributed by atoms with Crippen molar-refractivity contribution < 1.29 is 14.1 Å². The maximum atomic E-state index is 12.9. The van der Waals surface area contributed by atoms with E-state index >= 15 is 0 Å². The third kappa shape index (κ3) is 2.44. The van der Waals surface area contributed by atoms with Crippen LogP contribution in [0.5, 0.6) is 5.75 Å². The van der Waals surface area contributed by atoms with Crippen LogP contribution in [0, 0.1) is 15.9 Å². The van der Waals surface area contributed by atoms with Crippen molar-refractivity contribution in [1.82, 2.24) is 4.98 Å². The topological polar surface area (TPSA) is 80.2 Å². The van der Waals surface area contributed by atoms with Crippen molar-refractivity contribution in [2.75, 3.05) is 12.4 Å². The van der Waals surface area contributed by atoms with Crippen LogP contribution in [0.4, 0.5) is 21.6 Å². The van der Waals surface area contributed by atoms with Gasteiger partial charge in [-0.05, 0) is 36.4 Å². The molecule has 1 heterocycles. The molecule has 1 aromatic heterocycles. The molecule has 0 saturated heterocycles. The number of methoxy groups -OCH3 is 1. The van der Waals surface area contributed by atoms with Gasteiger partial charge in [0, 0.05) is 11.8 Å². The van der Waals surface area contributed by atoms with Gasteiger partial charge in [0.2, 0.25) is 0 Å². The molecule has 0 radical (unpaired) electrons. The van der Waals surface area contributed by atoms with Crippen molar-refractivity contribution in [3.05, 3.63) is 58.4 Å². The fraction of sp³-hybridized carbons (Fsp3) is 0.0667. The summed E-state index contributed by atoms with van der Waals surface area (Å²) in [6, 6.07) is 10.5. The highest BCUT2D eigenvalue weighted by Gasteiger charge is 2.22. The Bertz CT molecular complexity index is 843. The number of aromatic nitrogens is 1. The largest absolute Gasteiger partial charge is 0.497 e. The fourth-order valence-electron chi connectivity index (χ4n) is 2.25. The number of ether oxygens (including phenoxy) is 1. The molecule has 0 saturated carbocycles. The minimum atomic E-state index is -0.461. The summed E-state index contributed by atoms with van der Waals surface area (Å²) >= 11 is 0. The predicted octanol–water partition coefficient (Wildman–Crippen LogP) is 3.97. The lowest BCUT2D eigenvalue weighted by atomic mass is 10.2. The smallest absolute Gasteiger partial charge is 0.318 e. The third-order valence-electron chi connectivity index (χ3n) is 3.27. The van der Waals surface area contributed by atoms with Crippen LogP contribution in [-0.4, -0.2) is 17.0 Å². The first kappa shape index (κ1) is 13.9. The molecule has 3 rings (SSSR count). The number of nitrogens with zero attached hydrogens (tertiary/aromatic N) is 1. The zero-order valence-corrected chi connectivity index (χ0v) is 11.6. The van der Waals surface area contributed by atoms with Crippen molar-refractivity contribution in [3.8, 4) is 5.75 Å². The highest BCUT2D eigenvalue weighted by Crippen LogP contribution is 2.36. The van der Waals surface area contributed by atoms with Gasteiger partial charge in [0.15, 0.2) is 5.82 Å². The average Bonchev–Trinajstić information content (AvgIpc) is 2.86. The van der Waals surface area contributed by atoms with E-state index in [1.807, 2.05) is 0 Å². The van der Waals surface area contributed by atoms with Gasteiger partial charge in [-0.3, -0.25) is 10.1 Å². The summed E-state index contributed by atoms with van der Waals surface area (Å²) < 4.78 is 18.0. The van der Waals surface area contributed by atoms with E-state index in [0.29, 0.717) is 22.3 Å². The number of H-pyrrole nitrogens is 1. The molecule has 2 aromatic carbocycles. The normalized spacial score (nSPS) is 10.6. The second kappa shape index (κ2) is 5.36. The predicted molar refractivity (Wildman–Crippen MR) is 81.2 cm³/mol. The SMILES string of the molecule is COc1ccc2c([N+](=O)[O-])c(Nc3ccc(F)cc3)[nH]c2c1. The first-order valence-electron chi connectivity index (χ1n) is 6.45. The number of halogens is 1. The zero-order valence-electron chi connectivity index (χ0n) is 11.6. The third-order valence-corrected chi connectivity index (χ3v) is 3.27. The van der Waals surface area contributed by atoms with Gasteiger partial charge in [-0.25, -0.2) is 4.39 Å². The van der Waals surface area contributed by atoms with Crippen LogP contribution < -0.4 is 10.1 Å². The van der Waals surface area contributed by atoms with Gasteiger partial charge in [0.25, 0.3) is 0 Å². The number of fused-ring (bicyclic) bond motifs is 1. The van der Waals surface area contributed by atoms with Gasteiger partial charge < -0.3 is 15.0 Å². The van der Waals surface area contributed by atoms with Gasteiger partial charge in [0.1, 0.15) is 11.6 Å². The summed E-state index contributed by atoms with van der Waals surface area (Å²) in [5.74, 6) is 0.457. The maximum Gasteiger partial charge on any atom is 0.318 e. The summed E-state index contributed by atoms with van der Waals surface area (Å²) in [6.07, 6.45) is 0. The number of hydrogen-bond donors (Lipinski definition) is 2. The van der Waals surface area contributed by atoms with E-state index in [-0.39, 0.29) is 17.3 Å². The second-order valence-corrected chi connectivity index (χ2v) is 4.65. The van der Waals surface area contributed by atoms with Crippen LogP contribution in [-0.2, 0) is 0 Å². The highest BCUT2D eigenvalue weighted by molar-refractivity contribution is 5.97. The van der Waals surface area contributed by atoms with Crippen LogP contribution in [0.15, 0.2) is 42.5 Å². The fourth-order valence-corrected chi connectivity index (χ4v) is 2.25. The molecule has 0 atom stereocenters. The first-order valence-corrected chi connectivity index (χ1v) is 6.45. The van der Waals surface area contributed by atoms with Gasteiger partial charge in [0.05, 0.1) is 22.9 Å². The van der Waals surface area contributed by atoms with Crippen molar-refractivity contribution in [3.63, 3.8) is 0 Å². The van der Waals surface area contributed by atoms with E-state index in [1.54, 1.807) is 18.2 Å². The van der Waals surface area contributed by atoms with Crippen LogP contribution in [0.2, 0.25) is 0 Å². The minimum absolute atomic E-state index is 0.0676. The Morgan fingerprint density at radius 3 is 2.59 bits per heavy atom. The Morgan fingerprint density at radius 1 is 1.23 bits per heavy atom. The molecular formula is C15H12FN3O3. The summed E-state index contributed by atoms with van der Waals surface area (Å²) in [4.78, 5) is 13.8. The summed E-state index contributed by atoms with van der Waals surface area (Å²) in [6.45, 7) is 0. The maximum absolute atomic E-state index is 12.9. The van der Waals surface area contributed by atoms with Crippen molar-refractivity contribution >= 4 is 28.1 Å². The number of anilines is 2. The molecule has 6 nitrogen and oxygen atoms in total. The minimum Gasteiger partial charge on any atom is -0.497 e. The standard InChI is InChI=1S/C15H12FN3O3/c1-22-11-6-7-12-13(8-11)18-15(14(12)19(20)21)17-10-4-2-9(16)3-5-10/h2-8,17-18H,1H3. The Labute approximate surface area is 124 Å². The molecule has 7 heteroatoms. The summed E-state index contributed by atoms with van der Waals surface area (Å²) in [5.41, 5.74) is 1.06. The molecule has 3 aromatic rings. The molecule has 0 aliphatic carbocycles. The lowest BCUT2D eigenvalue weighted by Gasteiger charge is -2.03. The Balaban J connectivity index is 2.09. The molecule has 0 bridgehead atoms. The lowest BCUT2D eigenvalue weighted by Crippen LogP contribution is -1.95. The van der Waals surface area contributed by atoms with E-state index < -0.39 is 4.92 Å². The van der Waals surface area contributed by atoms with Gasteiger partial charge in [-0.1, -0.05) is 0 Å². The molecule has 0 unspecified atom stereocenters. The molecular weight excluding hydrogens is 289 g/mol. The molecule has 22 heavy (non-hydrogen) atoms. The van der Waals surface area contributed by atoms with E-state index in [2.05, 4.69) is 10.3 Å². The van der Waals surface area contributed by atoms with Crippen LogP contribution in [0.3, 0.4) is 0 Å². The zero-order chi connectivity index (χ0) is 15.7. The van der Waals surface area contributed by atoms with E-state index in [1.165, 1.54) is 31.4 Å². The summed E-state index contributed by atoms with van der Waals surface area (Å²) in [7, 11) is 1.52. The van der Waals surface area contributed by atoms with Crippen LogP contribution >= 0.6 is 0 Å². The number of nitrogens with one attached hydrogen (secondary N) is 2. The van der Waals surface area contributed by atoms with Gasteiger partial charge in [-0.2, -0.15) is 0 Å². The quantitative estimate of drug-likeness (QED) is 0.564. The molecule has 0 amide bonds. The van der Waals surface area contributed by atoms with Gasteiger partial charge in [-0.15, -0.1) is 0 Å². The van der Waals surface area contributed by atoms with Crippen LogP contribution in [0.1, 0.15) is 0 Å². The van der Waals surface area contributed by atoms with Crippen LogP contribution in [0.25, 0.3) is 10.9 Å². The molecule has 112 valence electrons. The Morgan fingerprint density at radius 2 is 1.95 bits per heavy atom. The molecule has 2 N–H and O–H groups in total. The van der Waals surface area contributed by atoms with Gasteiger partial charge >= 0.3 is 5.69 Å². The Hall–Kier alpha value is -3.09. The second-order valence-electron chi connectivity index (χ2n) is 4.65. The number of rotatable bonds is 4. The number of nitro groups is 1. The molecule has 0 spiro atoms. The van der Waals surface area contributed by atoms with E-state index in [9.17, 15) is 14.5 Å². The molecule has 0 aliphatic heterocycles. The summed E-state index contributed by atoms with van der Waals surface area (Å²) in [5, 5.41) is 14.7. The first-order chi connectivity index (χ1) is 10.6. The number of hydrogen-bond acceptors (Lipinski definition) is 4. The lowest BCUT2D eigenvalue weighted by molar-refractivity contribution is -0.382. The van der Waals surface area contributed by atoms with Crippen molar-refractivity contribution in [2.45, 2.75) is 0 Å². The number of aromatic amines is 1.